The van der Waals surface area contributed by atoms with Crippen molar-refractivity contribution in [3.8, 4) is 5.69 Å². The zero-order chi connectivity index (χ0) is 25.4. The molecule has 0 saturated heterocycles. The smallest absolute Gasteiger partial charge is 0.147 e. The SMILES string of the molecule is CCN(CC1CC1)c1cc(C)nc2c1c1ccccc1n2-c1c(C)cc(C)cc1C.Cn1cnnc1. The van der Waals surface area contributed by atoms with Crippen molar-refractivity contribution in [2.24, 2.45) is 13.0 Å². The number of nitrogens with zero attached hydrogens (tertiary/aromatic N) is 6. The molecule has 186 valence electrons. The number of anilines is 1. The molecular formula is C30H36N6. The summed E-state index contributed by atoms with van der Waals surface area (Å²) in [6.07, 6.45) is 6.01. The second kappa shape index (κ2) is 9.76. The Balaban J connectivity index is 0.000000391. The lowest BCUT2D eigenvalue weighted by atomic mass is 10.0. The van der Waals surface area contributed by atoms with E-state index in [4.69, 9.17) is 4.98 Å². The lowest BCUT2D eigenvalue weighted by Gasteiger charge is -2.24. The standard InChI is InChI=1S/C27H31N3.C3H5N3/c1-6-29(16-21-11-12-21)24-15-20(5)28-27-25(24)22-9-7-8-10-23(22)30(27)26-18(3)13-17(2)14-19(26)4;1-6-2-4-5-3-6/h7-10,13-15,21H,6,11-12,16H2,1-5H3;2-3H,1H3. The van der Waals surface area contributed by atoms with Gasteiger partial charge in [-0.15, -0.1) is 10.2 Å². The summed E-state index contributed by atoms with van der Waals surface area (Å²) in [7, 11) is 1.88. The van der Waals surface area contributed by atoms with Crippen LogP contribution in [0.2, 0.25) is 0 Å². The maximum Gasteiger partial charge on any atom is 0.147 e. The summed E-state index contributed by atoms with van der Waals surface area (Å²) in [6, 6.07) is 15.7. The Morgan fingerprint density at radius 3 is 2.19 bits per heavy atom. The molecule has 6 rings (SSSR count). The van der Waals surface area contributed by atoms with Crippen molar-refractivity contribution in [2.45, 2.75) is 47.5 Å². The Labute approximate surface area is 213 Å². The van der Waals surface area contributed by atoms with Crippen molar-refractivity contribution in [2.75, 3.05) is 18.0 Å². The Hall–Kier alpha value is -3.67. The van der Waals surface area contributed by atoms with Crippen LogP contribution in [0.15, 0.2) is 55.1 Å². The molecule has 1 aliphatic rings. The van der Waals surface area contributed by atoms with Crippen molar-refractivity contribution < 1.29 is 0 Å². The van der Waals surface area contributed by atoms with Gasteiger partial charge in [-0.25, -0.2) is 4.98 Å². The van der Waals surface area contributed by atoms with E-state index in [2.05, 4.69) is 96.7 Å². The second-order valence-corrected chi connectivity index (χ2v) is 10.2. The first-order valence-electron chi connectivity index (χ1n) is 12.9. The highest BCUT2D eigenvalue weighted by molar-refractivity contribution is 6.14. The molecule has 1 fully saturated rings. The molecule has 6 nitrogen and oxygen atoms in total. The predicted octanol–water partition coefficient (Wildman–Crippen LogP) is 6.46. The summed E-state index contributed by atoms with van der Waals surface area (Å²) in [6.45, 7) is 13.2. The molecule has 0 N–H and O–H groups in total. The van der Waals surface area contributed by atoms with Gasteiger partial charge in [0.2, 0.25) is 0 Å². The van der Waals surface area contributed by atoms with Gasteiger partial charge in [0.05, 0.1) is 22.3 Å². The van der Waals surface area contributed by atoms with Gasteiger partial charge in [0, 0.05) is 31.2 Å². The van der Waals surface area contributed by atoms with E-state index in [1.165, 1.54) is 57.2 Å². The minimum Gasteiger partial charge on any atom is -0.371 e. The van der Waals surface area contributed by atoms with Gasteiger partial charge in [-0.05, 0) is 76.6 Å². The molecule has 3 aromatic heterocycles. The molecular weight excluding hydrogens is 444 g/mol. The molecule has 0 atom stereocenters. The normalized spacial score (nSPS) is 13.2. The minimum atomic E-state index is 0.850. The van der Waals surface area contributed by atoms with Crippen molar-refractivity contribution in [3.05, 3.63) is 77.5 Å². The fourth-order valence-corrected chi connectivity index (χ4v) is 5.32. The molecule has 0 spiro atoms. The van der Waals surface area contributed by atoms with E-state index < -0.39 is 0 Å². The number of rotatable bonds is 5. The number of fused-ring (bicyclic) bond motifs is 3. The van der Waals surface area contributed by atoms with Crippen LogP contribution < -0.4 is 4.90 Å². The summed E-state index contributed by atoms with van der Waals surface area (Å²) in [5, 5.41) is 9.65. The van der Waals surface area contributed by atoms with Gasteiger partial charge in [-0.1, -0.05) is 35.9 Å². The van der Waals surface area contributed by atoms with Gasteiger partial charge in [-0.2, -0.15) is 0 Å². The van der Waals surface area contributed by atoms with E-state index in [0.29, 0.717) is 0 Å². The third kappa shape index (κ3) is 4.60. The van der Waals surface area contributed by atoms with Crippen molar-refractivity contribution in [3.63, 3.8) is 0 Å². The number of para-hydroxylation sites is 1. The predicted molar refractivity (Wildman–Crippen MR) is 149 cm³/mol. The first kappa shape index (κ1) is 24.0. The molecule has 5 aromatic rings. The molecule has 0 aliphatic heterocycles. The molecule has 2 aromatic carbocycles. The largest absolute Gasteiger partial charge is 0.371 e. The van der Waals surface area contributed by atoms with Gasteiger partial charge < -0.3 is 9.47 Å². The number of hydrogen-bond donors (Lipinski definition) is 0. The monoisotopic (exact) mass is 480 g/mol. The van der Waals surface area contributed by atoms with Crippen LogP contribution in [0.4, 0.5) is 5.69 Å². The zero-order valence-corrected chi connectivity index (χ0v) is 22.3. The van der Waals surface area contributed by atoms with Crippen LogP contribution >= 0.6 is 0 Å². The molecule has 0 amide bonds. The fraction of sp³-hybridized carbons (Fsp3) is 0.367. The van der Waals surface area contributed by atoms with Crippen molar-refractivity contribution in [1.29, 1.82) is 0 Å². The first-order valence-corrected chi connectivity index (χ1v) is 12.9. The summed E-state index contributed by atoms with van der Waals surface area (Å²) in [5.74, 6) is 0.850. The minimum absolute atomic E-state index is 0.850. The van der Waals surface area contributed by atoms with Crippen LogP contribution in [0.1, 0.15) is 42.1 Å². The van der Waals surface area contributed by atoms with Crippen LogP contribution in [-0.2, 0) is 7.05 Å². The van der Waals surface area contributed by atoms with Crippen LogP contribution in [0.25, 0.3) is 27.6 Å². The third-order valence-corrected chi connectivity index (χ3v) is 7.02. The van der Waals surface area contributed by atoms with E-state index in [9.17, 15) is 0 Å². The molecule has 0 bridgehead atoms. The summed E-state index contributed by atoms with van der Waals surface area (Å²) < 4.78 is 4.18. The highest BCUT2D eigenvalue weighted by Gasteiger charge is 2.26. The molecule has 0 radical (unpaired) electrons. The average Bonchev–Trinajstić information content (AvgIpc) is 3.44. The fourth-order valence-electron chi connectivity index (χ4n) is 5.32. The average molecular weight is 481 g/mol. The van der Waals surface area contributed by atoms with Crippen LogP contribution in [-0.4, -0.2) is 37.4 Å². The molecule has 36 heavy (non-hydrogen) atoms. The third-order valence-electron chi connectivity index (χ3n) is 7.02. The lowest BCUT2D eigenvalue weighted by molar-refractivity contribution is 0.743. The Kier molecular flexibility index (Phi) is 6.52. The van der Waals surface area contributed by atoms with E-state index >= 15 is 0 Å². The molecule has 1 saturated carbocycles. The van der Waals surface area contributed by atoms with Crippen molar-refractivity contribution in [1.82, 2.24) is 24.3 Å². The first-order chi connectivity index (χ1) is 17.4. The van der Waals surface area contributed by atoms with E-state index in [1.807, 2.05) is 7.05 Å². The molecule has 3 heterocycles. The maximum atomic E-state index is 5.10. The van der Waals surface area contributed by atoms with Crippen molar-refractivity contribution >= 4 is 27.6 Å². The van der Waals surface area contributed by atoms with Crippen LogP contribution in [0.3, 0.4) is 0 Å². The van der Waals surface area contributed by atoms with E-state index in [-0.39, 0.29) is 0 Å². The lowest BCUT2D eigenvalue weighted by Crippen LogP contribution is -2.25. The molecule has 6 heteroatoms. The Morgan fingerprint density at radius 2 is 1.61 bits per heavy atom. The van der Waals surface area contributed by atoms with E-state index in [0.717, 1.165) is 30.3 Å². The molecule has 0 unspecified atom stereocenters. The number of aryl methyl sites for hydroxylation is 5. The summed E-state index contributed by atoms with van der Waals surface area (Å²) in [4.78, 5) is 7.67. The highest BCUT2D eigenvalue weighted by atomic mass is 15.2. The number of hydrogen-bond acceptors (Lipinski definition) is 4. The Morgan fingerprint density at radius 1 is 0.944 bits per heavy atom. The highest BCUT2D eigenvalue weighted by Crippen LogP contribution is 2.40. The van der Waals surface area contributed by atoms with Gasteiger partial charge in [0.25, 0.3) is 0 Å². The van der Waals surface area contributed by atoms with Gasteiger partial charge >= 0.3 is 0 Å². The Bertz CT molecular complexity index is 1490. The van der Waals surface area contributed by atoms with Gasteiger partial charge in [-0.3, -0.25) is 4.57 Å². The maximum absolute atomic E-state index is 5.10. The topological polar surface area (TPSA) is 51.8 Å². The molecule has 1 aliphatic carbocycles. The number of aromatic nitrogens is 5. The zero-order valence-electron chi connectivity index (χ0n) is 22.3. The van der Waals surface area contributed by atoms with Gasteiger partial charge in [0.1, 0.15) is 18.3 Å². The van der Waals surface area contributed by atoms with E-state index in [1.54, 1.807) is 17.2 Å². The summed E-state index contributed by atoms with van der Waals surface area (Å²) in [5.41, 5.74) is 9.90. The van der Waals surface area contributed by atoms with Gasteiger partial charge in [0.15, 0.2) is 0 Å². The van der Waals surface area contributed by atoms with Crippen LogP contribution in [0.5, 0.6) is 0 Å². The second-order valence-electron chi connectivity index (χ2n) is 10.2. The number of benzene rings is 2. The van der Waals surface area contributed by atoms with Crippen LogP contribution in [0, 0.1) is 33.6 Å². The number of pyridine rings is 1. The quantitative estimate of drug-likeness (QED) is 0.289. The summed E-state index contributed by atoms with van der Waals surface area (Å²) >= 11 is 0.